The van der Waals surface area contributed by atoms with E-state index in [4.69, 9.17) is 0 Å². The topological polar surface area (TPSA) is 57.6 Å². The van der Waals surface area contributed by atoms with Crippen molar-refractivity contribution in [1.82, 2.24) is 4.90 Å². The molecule has 20 heavy (non-hydrogen) atoms. The third-order valence-corrected chi connectivity index (χ3v) is 5.27. The first kappa shape index (κ1) is 15.3. The van der Waals surface area contributed by atoms with Gasteiger partial charge in [-0.15, -0.1) is 0 Å². The van der Waals surface area contributed by atoms with Gasteiger partial charge in [-0.25, -0.2) is 0 Å². The predicted octanol–water partition coefficient (Wildman–Crippen LogP) is 2.92. The van der Waals surface area contributed by atoms with E-state index < -0.39 is 11.4 Å². The number of carboxylic acids is 1. The minimum absolute atomic E-state index is 0.0532. The summed E-state index contributed by atoms with van der Waals surface area (Å²) in [5.74, 6) is 0.449. The van der Waals surface area contributed by atoms with Crippen LogP contribution in [0.1, 0.15) is 58.8 Å². The van der Waals surface area contributed by atoms with Crippen molar-refractivity contribution in [3.63, 3.8) is 0 Å². The number of amides is 1. The van der Waals surface area contributed by atoms with Gasteiger partial charge in [0.2, 0.25) is 5.91 Å². The third-order valence-electron chi connectivity index (χ3n) is 5.27. The molecule has 1 saturated carbocycles. The normalized spacial score (nSPS) is 25.9. The van der Waals surface area contributed by atoms with Crippen LogP contribution in [-0.4, -0.2) is 35.0 Å². The number of hydrogen-bond donors (Lipinski definition) is 1. The average Bonchev–Trinajstić information content (AvgIpc) is 2.89. The summed E-state index contributed by atoms with van der Waals surface area (Å²) < 4.78 is 0. The number of rotatable bonds is 4. The van der Waals surface area contributed by atoms with E-state index in [0.29, 0.717) is 24.7 Å². The van der Waals surface area contributed by atoms with Crippen LogP contribution in [0, 0.1) is 17.3 Å². The van der Waals surface area contributed by atoms with Crippen LogP contribution >= 0.6 is 0 Å². The molecule has 0 spiro atoms. The Morgan fingerprint density at radius 1 is 1.25 bits per heavy atom. The largest absolute Gasteiger partial charge is 0.481 e. The van der Waals surface area contributed by atoms with E-state index in [0.717, 1.165) is 38.8 Å². The van der Waals surface area contributed by atoms with Crippen LogP contribution < -0.4 is 0 Å². The highest BCUT2D eigenvalue weighted by Crippen LogP contribution is 2.40. The first-order valence-electron chi connectivity index (χ1n) is 7.96. The molecule has 1 heterocycles. The van der Waals surface area contributed by atoms with Crippen LogP contribution in [0.4, 0.5) is 0 Å². The predicted molar refractivity (Wildman–Crippen MR) is 77.3 cm³/mol. The monoisotopic (exact) mass is 281 g/mol. The molecule has 0 radical (unpaired) electrons. The van der Waals surface area contributed by atoms with Gasteiger partial charge in [-0.1, -0.05) is 33.1 Å². The van der Waals surface area contributed by atoms with E-state index in [2.05, 4.69) is 13.8 Å². The number of carboxylic acid groups (broad SMARTS) is 1. The number of carbonyl (C=O) groups is 2. The van der Waals surface area contributed by atoms with Crippen LogP contribution in [0.3, 0.4) is 0 Å². The summed E-state index contributed by atoms with van der Waals surface area (Å²) in [7, 11) is 0. The maximum Gasteiger partial charge on any atom is 0.310 e. The van der Waals surface area contributed by atoms with Crippen LogP contribution in [0.25, 0.3) is 0 Å². The number of aliphatic carboxylic acids is 1. The summed E-state index contributed by atoms with van der Waals surface area (Å²) in [6, 6.07) is 0. The molecule has 4 nitrogen and oxygen atoms in total. The molecule has 0 aromatic heterocycles. The Hall–Kier alpha value is -1.06. The summed E-state index contributed by atoms with van der Waals surface area (Å²) in [4.78, 5) is 26.0. The van der Waals surface area contributed by atoms with Gasteiger partial charge in [0.15, 0.2) is 0 Å². The zero-order valence-corrected chi connectivity index (χ0v) is 12.7. The molecule has 0 aromatic carbocycles. The fourth-order valence-corrected chi connectivity index (χ4v) is 3.65. The number of nitrogens with zero attached hydrogens (tertiary/aromatic N) is 1. The van der Waals surface area contributed by atoms with Crippen LogP contribution in [0.15, 0.2) is 0 Å². The molecule has 1 aliphatic heterocycles. The van der Waals surface area contributed by atoms with Crippen molar-refractivity contribution >= 4 is 11.9 Å². The first-order chi connectivity index (χ1) is 9.44. The van der Waals surface area contributed by atoms with E-state index in [1.807, 2.05) is 4.90 Å². The van der Waals surface area contributed by atoms with Gasteiger partial charge in [0.25, 0.3) is 0 Å². The standard InChI is InChI=1S/C16H27NO3/c1-12(2)13-6-9-17(11-13)14(18)10-16(15(19)20)7-4-3-5-8-16/h12-13H,3-11H2,1-2H3,(H,19,20). The Balaban J connectivity index is 1.97. The van der Waals surface area contributed by atoms with Gasteiger partial charge >= 0.3 is 5.97 Å². The number of carbonyl (C=O) groups excluding carboxylic acids is 1. The van der Waals surface area contributed by atoms with Gasteiger partial charge in [0.1, 0.15) is 0 Å². The van der Waals surface area contributed by atoms with Crippen molar-refractivity contribution in [2.75, 3.05) is 13.1 Å². The third kappa shape index (κ3) is 3.15. The molecular formula is C16H27NO3. The fraction of sp³-hybridized carbons (Fsp3) is 0.875. The smallest absolute Gasteiger partial charge is 0.310 e. The van der Waals surface area contributed by atoms with E-state index in [1.165, 1.54) is 0 Å². The summed E-state index contributed by atoms with van der Waals surface area (Å²) in [6.07, 6.45) is 5.56. The Bertz CT molecular complexity index is 372. The molecule has 1 atom stereocenters. The second kappa shape index (κ2) is 6.15. The SMILES string of the molecule is CC(C)C1CCN(C(=O)CC2(C(=O)O)CCCCC2)C1. The zero-order chi connectivity index (χ0) is 14.8. The summed E-state index contributed by atoms with van der Waals surface area (Å²) in [6.45, 7) is 6.00. The first-order valence-corrected chi connectivity index (χ1v) is 7.96. The van der Waals surface area contributed by atoms with Gasteiger partial charge in [0.05, 0.1) is 5.41 Å². The van der Waals surface area contributed by atoms with Gasteiger partial charge in [0, 0.05) is 19.5 Å². The fourth-order valence-electron chi connectivity index (χ4n) is 3.65. The second-order valence-corrected chi connectivity index (χ2v) is 6.96. The molecule has 1 N–H and O–H groups in total. The molecule has 0 aromatic rings. The molecule has 2 fully saturated rings. The van der Waals surface area contributed by atoms with Crippen molar-refractivity contribution in [3.05, 3.63) is 0 Å². The van der Waals surface area contributed by atoms with Crippen molar-refractivity contribution in [1.29, 1.82) is 0 Å². The summed E-state index contributed by atoms with van der Waals surface area (Å²) >= 11 is 0. The maximum atomic E-state index is 12.5. The van der Waals surface area contributed by atoms with Crippen molar-refractivity contribution in [2.45, 2.75) is 58.8 Å². The van der Waals surface area contributed by atoms with E-state index in [-0.39, 0.29) is 12.3 Å². The molecule has 114 valence electrons. The Labute approximate surface area is 121 Å². The Kier molecular flexibility index (Phi) is 4.71. The van der Waals surface area contributed by atoms with Gasteiger partial charge < -0.3 is 10.0 Å². The summed E-state index contributed by atoms with van der Waals surface area (Å²) in [5.41, 5.74) is -0.786. The lowest BCUT2D eigenvalue weighted by molar-refractivity contribution is -0.155. The minimum Gasteiger partial charge on any atom is -0.481 e. The number of hydrogen-bond acceptors (Lipinski definition) is 2. The van der Waals surface area contributed by atoms with E-state index in [1.54, 1.807) is 0 Å². The van der Waals surface area contributed by atoms with Crippen LogP contribution in [0.5, 0.6) is 0 Å². The van der Waals surface area contributed by atoms with E-state index in [9.17, 15) is 14.7 Å². The lowest BCUT2D eigenvalue weighted by Crippen LogP contribution is -2.40. The molecule has 1 unspecified atom stereocenters. The van der Waals surface area contributed by atoms with Crippen LogP contribution in [0.2, 0.25) is 0 Å². The quantitative estimate of drug-likeness (QED) is 0.862. The highest BCUT2D eigenvalue weighted by atomic mass is 16.4. The molecule has 2 rings (SSSR count). The highest BCUT2D eigenvalue weighted by Gasteiger charge is 2.43. The van der Waals surface area contributed by atoms with Crippen molar-refractivity contribution in [2.24, 2.45) is 17.3 Å². The van der Waals surface area contributed by atoms with Crippen LogP contribution in [-0.2, 0) is 9.59 Å². The van der Waals surface area contributed by atoms with E-state index >= 15 is 0 Å². The lowest BCUT2D eigenvalue weighted by Gasteiger charge is -2.34. The molecule has 4 heteroatoms. The van der Waals surface area contributed by atoms with Gasteiger partial charge in [-0.05, 0) is 31.1 Å². The molecule has 1 aliphatic carbocycles. The maximum absolute atomic E-state index is 12.5. The average molecular weight is 281 g/mol. The Morgan fingerprint density at radius 2 is 1.90 bits per heavy atom. The molecule has 1 amide bonds. The number of likely N-dealkylation sites (tertiary alicyclic amines) is 1. The van der Waals surface area contributed by atoms with Crippen molar-refractivity contribution in [3.8, 4) is 0 Å². The van der Waals surface area contributed by atoms with Crippen molar-refractivity contribution < 1.29 is 14.7 Å². The minimum atomic E-state index is -0.786. The molecule has 2 aliphatic rings. The molecule has 0 bridgehead atoms. The molecular weight excluding hydrogens is 254 g/mol. The van der Waals surface area contributed by atoms with Gasteiger partial charge in [-0.3, -0.25) is 9.59 Å². The second-order valence-electron chi connectivity index (χ2n) is 6.96. The summed E-state index contributed by atoms with van der Waals surface area (Å²) in [5, 5.41) is 9.55. The van der Waals surface area contributed by atoms with Gasteiger partial charge in [-0.2, -0.15) is 0 Å². The highest BCUT2D eigenvalue weighted by molar-refractivity contribution is 5.85. The lowest BCUT2D eigenvalue weighted by atomic mass is 9.71. The molecule has 1 saturated heterocycles. The Morgan fingerprint density at radius 3 is 2.40 bits per heavy atom. The zero-order valence-electron chi connectivity index (χ0n) is 12.7.